The molecule has 37 heavy (non-hydrogen) atoms. The average Bonchev–Trinajstić information content (AvgIpc) is 2.80. The number of hydrogen-bond donors (Lipinski definition) is 6. The predicted octanol–water partition coefficient (Wildman–Crippen LogP) is 3.12. The quantitative estimate of drug-likeness (QED) is 0.314. The van der Waals surface area contributed by atoms with Crippen LogP contribution in [-0.2, 0) is 4.79 Å². The molecule has 0 heterocycles. The Balaban J connectivity index is 1.64. The van der Waals surface area contributed by atoms with Gasteiger partial charge in [0.1, 0.15) is 5.41 Å². The molecule has 0 radical (unpaired) electrons. The van der Waals surface area contributed by atoms with E-state index in [-0.39, 0.29) is 41.8 Å². The number of fused-ring (bicyclic) bond motifs is 7. The number of allylic oxidation sites excluding steroid dienone is 2. The molecule has 0 amide bonds. The second-order valence-corrected chi connectivity index (χ2v) is 15.0. The molecule has 5 aliphatic rings. The van der Waals surface area contributed by atoms with Crippen LogP contribution in [0.1, 0.15) is 86.0 Å². The van der Waals surface area contributed by atoms with Crippen LogP contribution in [0, 0.1) is 50.2 Å². The molecular formula is C30H48O7. The van der Waals surface area contributed by atoms with Crippen molar-refractivity contribution in [2.24, 2.45) is 50.2 Å². The Kier molecular flexibility index (Phi) is 6.16. The fourth-order valence-electron chi connectivity index (χ4n) is 10.9. The lowest BCUT2D eigenvalue weighted by Gasteiger charge is -2.72. The molecule has 5 aliphatic carbocycles. The first-order chi connectivity index (χ1) is 17.1. The average molecular weight is 521 g/mol. The smallest absolute Gasteiger partial charge is 0.312 e. The van der Waals surface area contributed by atoms with Gasteiger partial charge in [-0.1, -0.05) is 46.3 Å². The van der Waals surface area contributed by atoms with Crippen molar-refractivity contribution in [3.8, 4) is 0 Å². The minimum absolute atomic E-state index is 0.00467. The molecule has 6 N–H and O–H groups in total. The maximum atomic E-state index is 12.8. The van der Waals surface area contributed by atoms with Crippen LogP contribution in [0.3, 0.4) is 0 Å². The topological polar surface area (TPSA) is 138 Å². The van der Waals surface area contributed by atoms with Gasteiger partial charge in [0.2, 0.25) is 0 Å². The molecule has 7 heteroatoms. The van der Waals surface area contributed by atoms with E-state index in [9.17, 15) is 35.4 Å². The van der Waals surface area contributed by atoms with Crippen molar-refractivity contribution in [1.29, 1.82) is 0 Å². The Hall–Kier alpha value is -0.990. The molecule has 5 rings (SSSR count). The van der Waals surface area contributed by atoms with Gasteiger partial charge in [0, 0.05) is 5.41 Å². The summed E-state index contributed by atoms with van der Waals surface area (Å²) in [5.41, 5.74) is -2.26. The molecule has 210 valence electrons. The molecule has 10 atom stereocenters. The number of carboxylic acid groups (broad SMARTS) is 1. The van der Waals surface area contributed by atoms with E-state index in [1.807, 2.05) is 0 Å². The molecule has 0 spiro atoms. The van der Waals surface area contributed by atoms with Crippen LogP contribution < -0.4 is 0 Å². The normalized spacial score (nSPS) is 52.1. The molecule has 0 aromatic carbocycles. The fourth-order valence-corrected chi connectivity index (χ4v) is 10.9. The van der Waals surface area contributed by atoms with E-state index in [0.29, 0.717) is 25.7 Å². The second kappa shape index (κ2) is 8.26. The van der Waals surface area contributed by atoms with Gasteiger partial charge in [0.05, 0.1) is 31.5 Å². The van der Waals surface area contributed by atoms with Gasteiger partial charge in [-0.25, -0.2) is 0 Å². The monoisotopic (exact) mass is 520 g/mol. The predicted molar refractivity (Wildman–Crippen MR) is 138 cm³/mol. The van der Waals surface area contributed by atoms with Crippen LogP contribution in [0.25, 0.3) is 0 Å². The van der Waals surface area contributed by atoms with Crippen molar-refractivity contribution in [2.75, 3.05) is 13.2 Å². The highest BCUT2D eigenvalue weighted by Gasteiger charge is 2.72. The molecule has 0 saturated heterocycles. The molecular weight excluding hydrogens is 472 g/mol. The van der Waals surface area contributed by atoms with Crippen molar-refractivity contribution in [3.63, 3.8) is 0 Å². The first-order valence-corrected chi connectivity index (χ1v) is 14.3. The van der Waals surface area contributed by atoms with E-state index in [2.05, 4.69) is 40.7 Å². The Labute approximate surface area is 221 Å². The molecule has 4 fully saturated rings. The molecule has 0 aromatic rings. The van der Waals surface area contributed by atoms with Gasteiger partial charge in [0.15, 0.2) is 0 Å². The van der Waals surface area contributed by atoms with Crippen molar-refractivity contribution >= 4 is 5.97 Å². The first kappa shape index (κ1) is 27.6. The highest BCUT2D eigenvalue weighted by atomic mass is 16.4. The summed E-state index contributed by atoms with van der Waals surface area (Å²) in [6.45, 7) is 10.3. The van der Waals surface area contributed by atoms with Crippen LogP contribution >= 0.6 is 0 Å². The fraction of sp³-hybridized carbons (Fsp3) is 0.900. The summed E-state index contributed by atoms with van der Waals surface area (Å²) in [5.74, 6) is -1.18. The third-order valence-corrected chi connectivity index (χ3v) is 13.2. The molecule has 4 saturated carbocycles. The van der Waals surface area contributed by atoms with E-state index in [1.54, 1.807) is 0 Å². The van der Waals surface area contributed by atoms with Gasteiger partial charge in [-0.05, 0) is 90.8 Å². The summed E-state index contributed by atoms with van der Waals surface area (Å²) < 4.78 is 0. The Bertz CT molecular complexity index is 986. The van der Waals surface area contributed by atoms with Gasteiger partial charge in [0.25, 0.3) is 0 Å². The van der Waals surface area contributed by atoms with Crippen molar-refractivity contribution in [1.82, 2.24) is 0 Å². The molecule has 0 aliphatic heterocycles. The summed E-state index contributed by atoms with van der Waals surface area (Å²) in [4.78, 5) is 12.8. The van der Waals surface area contributed by atoms with Crippen LogP contribution in [0.4, 0.5) is 0 Å². The van der Waals surface area contributed by atoms with Gasteiger partial charge in [-0.3, -0.25) is 4.79 Å². The van der Waals surface area contributed by atoms with Crippen molar-refractivity contribution in [3.05, 3.63) is 11.6 Å². The minimum atomic E-state index is -1.19. The van der Waals surface area contributed by atoms with E-state index in [4.69, 9.17) is 0 Å². The van der Waals surface area contributed by atoms with E-state index >= 15 is 0 Å². The highest BCUT2D eigenvalue weighted by Crippen LogP contribution is 2.75. The molecule has 0 unspecified atom stereocenters. The standard InChI is InChI=1S/C30H48O7/c1-25(2)10-11-30(24(36)37)18(12-25)17-6-7-20-26(3)13-19(33)23(35)29(15-31,16-32)21(26)8-9-27(20,4)28(17,5)14-22(30)34/h6,18-23,31-35H,7-16H2,1-5H3,(H,36,37)/t18-,19-,20+,21+,22+,23-,26-,27-,28+,30+/m0/s1. The largest absolute Gasteiger partial charge is 0.481 e. The Morgan fingerprint density at radius 3 is 2.16 bits per heavy atom. The summed E-state index contributed by atoms with van der Waals surface area (Å²) in [5, 5.41) is 65.1. The van der Waals surface area contributed by atoms with Crippen LogP contribution in [0.5, 0.6) is 0 Å². The highest BCUT2D eigenvalue weighted by molar-refractivity contribution is 5.77. The lowest BCUT2D eigenvalue weighted by Crippen LogP contribution is -2.70. The molecule has 0 aromatic heterocycles. The zero-order valence-electron chi connectivity index (χ0n) is 23.2. The lowest BCUT2D eigenvalue weighted by atomic mass is 9.33. The first-order valence-electron chi connectivity index (χ1n) is 14.3. The van der Waals surface area contributed by atoms with Crippen molar-refractivity contribution < 1.29 is 35.4 Å². The number of rotatable bonds is 3. The maximum Gasteiger partial charge on any atom is 0.312 e. The van der Waals surface area contributed by atoms with Crippen LogP contribution in [0.15, 0.2) is 11.6 Å². The number of hydrogen-bond acceptors (Lipinski definition) is 6. The van der Waals surface area contributed by atoms with Crippen molar-refractivity contribution in [2.45, 2.75) is 104 Å². The molecule has 7 nitrogen and oxygen atoms in total. The number of aliphatic hydroxyl groups excluding tert-OH is 5. The summed E-state index contributed by atoms with van der Waals surface area (Å²) in [6, 6.07) is 0. The van der Waals surface area contributed by atoms with E-state index in [0.717, 1.165) is 25.7 Å². The van der Waals surface area contributed by atoms with E-state index < -0.39 is 45.9 Å². The van der Waals surface area contributed by atoms with Gasteiger partial charge in [-0.2, -0.15) is 0 Å². The third-order valence-electron chi connectivity index (χ3n) is 13.2. The Morgan fingerprint density at radius 1 is 0.919 bits per heavy atom. The second-order valence-electron chi connectivity index (χ2n) is 15.0. The lowest BCUT2D eigenvalue weighted by molar-refractivity contribution is -0.260. The SMILES string of the molecule is CC1(C)CC[C@]2(C(=O)O)[C@H](O)C[C@]3(C)C(=CC[C@@H]4[C@]5(C)C[C@H](O)[C@H](O)C(CO)(CO)[C@@H]5CC[C@@]43C)[C@@H]2C1. The minimum Gasteiger partial charge on any atom is -0.481 e. The third kappa shape index (κ3) is 3.21. The number of aliphatic hydroxyl groups is 5. The molecule has 0 bridgehead atoms. The number of carboxylic acids is 1. The summed E-state index contributed by atoms with van der Waals surface area (Å²) in [7, 11) is 0. The van der Waals surface area contributed by atoms with Gasteiger partial charge in [-0.15, -0.1) is 0 Å². The van der Waals surface area contributed by atoms with Gasteiger partial charge < -0.3 is 30.6 Å². The number of aliphatic carboxylic acids is 1. The maximum absolute atomic E-state index is 12.8. The van der Waals surface area contributed by atoms with Crippen LogP contribution in [0.2, 0.25) is 0 Å². The number of carbonyl (C=O) groups is 1. The van der Waals surface area contributed by atoms with Crippen LogP contribution in [-0.4, -0.2) is 68.1 Å². The Morgan fingerprint density at radius 2 is 1.57 bits per heavy atom. The van der Waals surface area contributed by atoms with E-state index in [1.165, 1.54) is 5.57 Å². The zero-order valence-corrected chi connectivity index (χ0v) is 23.2. The summed E-state index contributed by atoms with van der Waals surface area (Å²) >= 11 is 0. The van der Waals surface area contributed by atoms with Gasteiger partial charge >= 0.3 is 5.97 Å². The summed E-state index contributed by atoms with van der Waals surface area (Å²) in [6.07, 6.45) is 4.08. The zero-order chi connectivity index (χ0) is 27.4.